The first-order valence-electron chi connectivity index (χ1n) is 9.85. The van der Waals surface area contributed by atoms with E-state index >= 15 is 0 Å². The van der Waals surface area contributed by atoms with Crippen LogP contribution in [0.1, 0.15) is 52.4 Å². The maximum Gasteiger partial charge on any atom is 0.371 e. The molecule has 8 heteroatoms. The molecule has 0 aliphatic carbocycles. The van der Waals surface area contributed by atoms with Gasteiger partial charge in [-0.1, -0.05) is 26.0 Å². The van der Waals surface area contributed by atoms with E-state index in [1.165, 1.54) is 19.8 Å². The number of carbonyl (C=O) groups is 2. The van der Waals surface area contributed by atoms with Gasteiger partial charge >= 0.3 is 11.9 Å². The number of rotatable bonds is 19. The van der Waals surface area contributed by atoms with Gasteiger partial charge in [0, 0.05) is 17.7 Å². The van der Waals surface area contributed by atoms with Crippen LogP contribution >= 0.6 is 0 Å². The predicted octanol–water partition coefficient (Wildman–Crippen LogP) is 2.61. The summed E-state index contributed by atoms with van der Waals surface area (Å²) in [5.41, 5.74) is 0.691. The summed E-state index contributed by atoms with van der Waals surface area (Å²) in [5, 5.41) is 10.9. The second-order valence-electron chi connectivity index (χ2n) is 6.58. The van der Waals surface area contributed by atoms with Gasteiger partial charge in [0.05, 0.1) is 13.2 Å². The van der Waals surface area contributed by atoms with Crippen LogP contribution in [-0.4, -0.2) is 51.3 Å². The normalized spacial score (nSPS) is 10.5. The number of ether oxygens (including phenoxy) is 1. The van der Waals surface area contributed by atoms with E-state index in [-0.39, 0.29) is 11.5 Å². The first kappa shape index (κ1) is 26.3. The second kappa shape index (κ2) is 18.6. The summed E-state index contributed by atoms with van der Waals surface area (Å²) in [6.07, 6.45) is 6.45. The Kier molecular flexibility index (Phi) is 17.5. The minimum atomic E-state index is -0.647. The summed E-state index contributed by atoms with van der Waals surface area (Å²) >= 11 is 0. The Labute approximate surface area is 168 Å². The van der Waals surface area contributed by atoms with Crippen molar-refractivity contribution in [3.05, 3.63) is 24.3 Å². The summed E-state index contributed by atoms with van der Waals surface area (Å²) in [6, 6.07) is 0. The largest absolute Gasteiger partial charge is 0.462 e. The topological polar surface area (TPSA) is 95.1 Å². The maximum atomic E-state index is 11.2. The molecule has 162 valence electrons. The first-order valence-corrected chi connectivity index (χ1v) is 9.85. The van der Waals surface area contributed by atoms with Gasteiger partial charge in [-0.2, -0.15) is 4.89 Å². The Morgan fingerprint density at radius 2 is 1.25 bits per heavy atom. The van der Waals surface area contributed by atoms with Gasteiger partial charge in [-0.15, -0.1) is 0 Å². The van der Waals surface area contributed by atoms with Crippen molar-refractivity contribution in [2.24, 2.45) is 0 Å². The minimum Gasteiger partial charge on any atom is -0.462 e. The van der Waals surface area contributed by atoms with Gasteiger partial charge in [0.25, 0.3) is 0 Å². The highest BCUT2D eigenvalue weighted by atomic mass is 17.5. The van der Waals surface area contributed by atoms with Crippen LogP contribution in [0.25, 0.3) is 0 Å². The Morgan fingerprint density at radius 3 is 1.82 bits per heavy atom. The average Bonchev–Trinajstić information content (AvgIpc) is 2.66. The molecule has 0 aliphatic heterocycles. The van der Waals surface area contributed by atoms with Crippen LogP contribution in [0.3, 0.4) is 0 Å². The van der Waals surface area contributed by atoms with Gasteiger partial charge in [-0.05, 0) is 64.2 Å². The second-order valence-corrected chi connectivity index (χ2v) is 6.58. The van der Waals surface area contributed by atoms with E-state index in [0.29, 0.717) is 25.3 Å². The lowest BCUT2D eigenvalue weighted by Gasteiger charge is -2.07. The Balaban J connectivity index is 3.14. The van der Waals surface area contributed by atoms with E-state index in [9.17, 15) is 9.59 Å². The van der Waals surface area contributed by atoms with Gasteiger partial charge in [-0.25, -0.2) is 9.59 Å². The molecule has 8 nitrogen and oxygen atoms in total. The molecule has 0 fully saturated rings. The van der Waals surface area contributed by atoms with E-state index in [4.69, 9.17) is 9.62 Å². The standard InChI is InChI=1S/C20H36N2O6/c1-17(2)19(23)25-15-10-9-13-21-11-7-5-6-8-12-22-14-16-26-28-27-20(24)18(3)4/h21-22H,1,3,5-16H2,2,4H3. The molecule has 0 saturated carbocycles. The predicted molar refractivity (Wildman–Crippen MR) is 107 cm³/mol. The fourth-order valence-corrected chi connectivity index (χ4v) is 2.02. The van der Waals surface area contributed by atoms with Crippen molar-refractivity contribution in [1.29, 1.82) is 0 Å². The lowest BCUT2D eigenvalue weighted by Crippen LogP contribution is -2.21. The van der Waals surface area contributed by atoms with Crippen molar-refractivity contribution >= 4 is 11.9 Å². The van der Waals surface area contributed by atoms with Gasteiger partial charge in [-0.3, -0.25) is 4.89 Å². The summed E-state index contributed by atoms with van der Waals surface area (Å²) in [6.45, 7) is 14.4. The Bertz CT molecular complexity index is 426. The van der Waals surface area contributed by atoms with Crippen LogP contribution in [0.15, 0.2) is 24.3 Å². The van der Waals surface area contributed by atoms with Gasteiger partial charge in [0.1, 0.15) is 0 Å². The number of esters is 1. The van der Waals surface area contributed by atoms with Crippen molar-refractivity contribution in [2.75, 3.05) is 39.4 Å². The zero-order valence-electron chi connectivity index (χ0n) is 17.3. The zero-order chi connectivity index (χ0) is 21.0. The molecule has 0 bridgehead atoms. The Morgan fingerprint density at radius 1 is 0.714 bits per heavy atom. The third-order valence-corrected chi connectivity index (χ3v) is 3.66. The average molecular weight is 401 g/mol. The third kappa shape index (κ3) is 17.7. The lowest BCUT2D eigenvalue weighted by atomic mass is 10.2. The molecule has 0 spiro atoms. The molecule has 0 atom stereocenters. The highest BCUT2D eigenvalue weighted by Gasteiger charge is 2.04. The molecule has 0 saturated heterocycles. The van der Waals surface area contributed by atoms with Crippen LogP contribution in [0.2, 0.25) is 0 Å². The molecular weight excluding hydrogens is 364 g/mol. The molecule has 0 amide bonds. The number of hydrogen-bond donors (Lipinski definition) is 2. The van der Waals surface area contributed by atoms with Crippen LogP contribution < -0.4 is 10.6 Å². The van der Waals surface area contributed by atoms with Crippen LogP contribution in [0, 0.1) is 0 Å². The molecular formula is C20H36N2O6. The van der Waals surface area contributed by atoms with E-state index in [1.54, 1.807) is 6.92 Å². The third-order valence-electron chi connectivity index (χ3n) is 3.66. The summed E-state index contributed by atoms with van der Waals surface area (Å²) < 4.78 is 5.03. The summed E-state index contributed by atoms with van der Waals surface area (Å²) in [7, 11) is 0. The molecule has 0 heterocycles. The first-order chi connectivity index (χ1) is 13.4. The fraction of sp³-hybridized carbons (Fsp3) is 0.700. The highest BCUT2D eigenvalue weighted by Crippen LogP contribution is 1.99. The highest BCUT2D eigenvalue weighted by molar-refractivity contribution is 5.87. The molecule has 0 aliphatic rings. The van der Waals surface area contributed by atoms with Crippen LogP contribution in [-0.2, 0) is 29.1 Å². The molecule has 0 aromatic heterocycles. The van der Waals surface area contributed by atoms with Crippen molar-refractivity contribution < 1.29 is 29.1 Å². The quantitative estimate of drug-likeness (QED) is 0.112. The van der Waals surface area contributed by atoms with Crippen molar-refractivity contribution in [1.82, 2.24) is 10.6 Å². The van der Waals surface area contributed by atoms with Crippen LogP contribution in [0.5, 0.6) is 0 Å². The molecule has 0 aromatic carbocycles. The molecule has 0 rings (SSSR count). The molecule has 0 unspecified atom stereocenters. The number of hydrogen-bond acceptors (Lipinski definition) is 8. The zero-order valence-corrected chi connectivity index (χ0v) is 17.3. The summed E-state index contributed by atoms with van der Waals surface area (Å²) in [5.74, 6) is -0.959. The van der Waals surface area contributed by atoms with E-state index in [0.717, 1.165) is 45.3 Å². The molecule has 28 heavy (non-hydrogen) atoms. The van der Waals surface area contributed by atoms with E-state index in [1.807, 2.05) is 0 Å². The van der Waals surface area contributed by atoms with Gasteiger partial charge < -0.3 is 15.4 Å². The smallest absolute Gasteiger partial charge is 0.371 e. The van der Waals surface area contributed by atoms with E-state index < -0.39 is 5.97 Å². The van der Waals surface area contributed by atoms with Crippen molar-refractivity contribution in [2.45, 2.75) is 52.4 Å². The fourth-order valence-electron chi connectivity index (χ4n) is 2.02. The van der Waals surface area contributed by atoms with Gasteiger partial charge in [0.15, 0.2) is 0 Å². The SMILES string of the molecule is C=C(C)C(=O)OCCCCNCCCCCCNCCOOOC(=O)C(=C)C. The van der Waals surface area contributed by atoms with E-state index in [2.05, 4.69) is 33.7 Å². The molecule has 2 N–H and O–H groups in total. The molecule has 0 radical (unpaired) electrons. The minimum absolute atomic E-state index is 0.249. The number of carbonyl (C=O) groups excluding carboxylic acids is 2. The number of nitrogens with one attached hydrogen (secondary N) is 2. The number of unbranched alkanes of at least 4 members (excludes halogenated alkanes) is 4. The van der Waals surface area contributed by atoms with Crippen molar-refractivity contribution in [3.8, 4) is 0 Å². The van der Waals surface area contributed by atoms with Crippen LogP contribution in [0.4, 0.5) is 0 Å². The summed E-state index contributed by atoms with van der Waals surface area (Å²) in [4.78, 5) is 31.2. The molecule has 0 aromatic rings. The lowest BCUT2D eigenvalue weighted by molar-refractivity contribution is -0.484. The van der Waals surface area contributed by atoms with Crippen molar-refractivity contribution in [3.63, 3.8) is 0 Å². The maximum absolute atomic E-state index is 11.2. The monoisotopic (exact) mass is 400 g/mol. The Hall–Kier alpha value is -1.74. The van der Waals surface area contributed by atoms with Gasteiger partial charge in [0.2, 0.25) is 0 Å².